The van der Waals surface area contributed by atoms with Crippen LogP contribution in [0.3, 0.4) is 0 Å². The van der Waals surface area contributed by atoms with E-state index in [0.717, 1.165) is 19.4 Å². The van der Waals surface area contributed by atoms with Crippen LogP contribution in [-0.4, -0.2) is 39.9 Å². The number of carbonyl (C=O) groups excluding carboxylic acids is 1. The standard InChI is InChI=1S/C12H23NO2S/c1-9(2)10(16)11(14)13-7-4-5-12(3,15)6-8-13/h9-10,15-16H,4-8H2,1-3H3. The van der Waals surface area contributed by atoms with Crippen molar-refractivity contribution in [3.8, 4) is 0 Å². The molecule has 1 aliphatic rings. The Morgan fingerprint density at radius 3 is 2.56 bits per heavy atom. The fourth-order valence-electron chi connectivity index (χ4n) is 1.96. The zero-order chi connectivity index (χ0) is 12.3. The van der Waals surface area contributed by atoms with Gasteiger partial charge >= 0.3 is 0 Å². The average molecular weight is 245 g/mol. The molecule has 94 valence electrons. The van der Waals surface area contributed by atoms with Gasteiger partial charge < -0.3 is 10.0 Å². The van der Waals surface area contributed by atoms with E-state index in [4.69, 9.17) is 0 Å². The minimum Gasteiger partial charge on any atom is -0.390 e. The van der Waals surface area contributed by atoms with Crippen LogP contribution in [0, 0.1) is 5.92 Å². The molecule has 0 radical (unpaired) electrons. The number of hydrogen-bond acceptors (Lipinski definition) is 3. The lowest BCUT2D eigenvalue weighted by molar-refractivity contribution is -0.131. The topological polar surface area (TPSA) is 40.5 Å². The highest BCUT2D eigenvalue weighted by Gasteiger charge is 2.29. The molecule has 1 N–H and O–H groups in total. The smallest absolute Gasteiger partial charge is 0.235 e. The highest BCUT2D eigenvalue weighted by Crippen LogP contribution is 2.23. The summed E-state index contributed by atoms with van der Waals surface area (Å²) in [6.07, 6.45) is 2.31. The van der Waals surface area contributed by atoms with E-state index in [2.05, 4.69) is 12.6 Å². The SMILES string of the molecule is CC(C)C(S)C(=O)N1CCCC(C)(O)CC1. The summed E-state index contributed by atoms with van der Waals surface area (Å²) in [7, 11) is 0. The van der Waals surface area contributed by atoms with Gasteiger partial charge in [0.2, 0.25) is 5.91 Å². The number of carbonyl (C=O) groups is 1. The maximum absolute atomic E-state index is 12.1. The van der Waals surface area contributed by atoms with Gasteiger partial charge in [0.05, 0.1) is 10.9 Å². The molecule has 0 bridgehead atoms. The molecule has 1 saturated heterocycles. The van der Waals surface area contributed by atoms with E-state index in [9.17, 15) is 9.90 Å². The second-order valence-electron chi connectivity index (χ2n) is 5.36. The molecule has 0 aromatic carbocycles. The summed E-state index contributed by atoms with van der Waals surface area (Å²) in [6.45, 7) is 7.25. The van der Waals surface area contributed by atoms with Crippen LogP contribution < -0.4 is 0 Å². The monoisotopic (exact) mass is 245 g/mol. The van der Waals surface area contributed by atoms with Gasteiger partial charge in [-0.2, -0.15) is 12.6 Å². The maximum Gasteiger partial charge on any atom is 0.235 e. The van der Waals surface area contributed by atoms with Crippen LogP contribution in [0.15, 0.2) is 0 Å². The van der Waals surface area contributed by atoms with Crippen molar-refractivity contribution < 1.29 is 9.90 Å². The van der Waals surface area contributed by atoms with E-state index in [1.54, 1.807) is 0 Å². The van der Waals surface area contributed by atoms with Crippen LogP contribution in [0.25, 0.3) is 0 Å². The van der Waals surface area contributed by atoms with Crippen molar-refractivity contribution in [3.05, 3.63) is 0 Å². The van der Waals surface area contributed by atoms with Gasteiger partial charge in [-0.3, -0.25) is 4.79 Å². The Kier molecular flexibility index (Phi) is 4.68. The number of amides is 1. The summed E-state index contributed by atoms with van der Waals surface area (Å²) in [4.78, 5) is 13.9. The fraction of sp³-hybridized carbons (Fsp3) is 0.917. The zero-order valence-corrected chi connectivity index (χ0v) is 11.3. The molecule has 1 heterocycles. The third kappa shape index (κ3) is 3.67. The predicted molar refractivity (Wildman–Crippen MR) is 68.7 cm³/mol. The first-order valence-corrected chi connectivity index (χ1v) is 6.54. The number of nitrogens with zero attached hydrogens (tertiary/aromatic N) is 1. The van der Waals surface area contributed by atoms with Crippen LogP contribution in [0.5, 0.6) is 0 Å². The molecule has 16 heavy (non-hydrogen) atoms. The summed E-state index contributed by atoms with van der Waals surface area (Å²) in [5, 5.41) is 9.73. The zero-order valence-electron chi connectivity index (χ0n) is 10.4. The Hall–Kier alpha value is -0.220. The molecule has 0 spiro atoms. The number of thiol groups is 1. The van der Waals surface area contributed by atoms with Crippen molar-refractivity contribution in [3.63, 3.8) is 0 Å². The summed E-state index contributed by atoms with van der Waals surface area (Å²) in [6, 6.07) is 0. The van der Waals surface area contributed by atoms with Crippen molar-refractivity contribution in [1.29, 1.82) is 0 Å². The van der Waals surface area contributed by atoms with Crippen LogP contribution in [0.4, 0.5) is 0 Å². The van der Waals surface area contributed by atoms with E-state index in [-0.39, 0.29) is 17.1 Å². The van der Waals surface area contributed by atoms with Crippen LogP contribution in [-0.2, 0) is 4.79 Å². The Morgan fingerprint density at radius 1 is 1.38 bits per heavy atom. The molecule has 4 heteroatoms. The molecule has 0 saturated carbocycles. The molecular weight excluding hydrogens is 222 g/mol. The van der Waals surface area contributed by atoms with Gasteiger partial charge in [-0.05, 0) is 32.1 Å². The van der Waals surface area contributed by atoms with E-state index in [1.165, 1.54) is 0 Å². The lowest BCUT2D eigenvalue weighted by Gasteiger charge is -2.26. The molecule has 0 aliphatic carbocycles. The van der Waals surface area contributed by atoms with Crippen LogP contribution in [0.2, 0.25) is 0 Å². The van der Waals surface area contributed by atoms with Gasteiger partial charge in [0.1, 0.15) is 0 Å². The minimum absolute atomic E-state index is 0.107. The van der Waals surface area contributed by atoms with Gasteiger partial charge in [-0.25, -0.2) is 0 Å². The van der Waals surface area contributed by atoms with Gasteiger partial charge in [0.25, 0.3) is 0 Å². The third-order valence-electron chi connectivity index (χ3n) is 3.26. The summed E-state index contributed by atoms with van der Waals surface area (Å²) >= 11 is 4.35. The molecule has 3 nitrogen and oxygen atoms in total. The molecule has 0 aromatic rings. The van der Waals surface area contributed by atoms with Gasteiger partial charge in [0, 0.05) is 13.1 Å². The molecule has 1 amide bonds. The highest BCUT2D eigenvalue weighted by molar-refractivity contribution is 7.81. The van der Waals surface area contributed by atoms with Crippen LogP contribution in [0.1, 0.15) is 40.0 Å². The van der Waals surface area contributed by atoms with E-state index in [1.807, 2.05) is 25.7 Å². The van der Waals surface area contributed by atoms with Gasteiger partial charge in [-0.15, -0.1) is 0 Å². The first kappa shape index (κ1) is 13.8. The summed E-state index contributed by atoms with van der Waals surface area (Å²) in [5.74, 6) is 0.357. The third-order valence-corrected chi connectivity index (χ3v) is 4.08. The normalized spacial score (nSPS) is 29.0. The average Bonchev–Trinajstić information content (AvgIpc) is 2.37. The second-order valence-corrected chi connectivity index (χ2v) is 5.92. The first-order chi connectivity index (χ1) is 7.33. The largest absolute Gasteiger partial charge is 0.390 e. The number of likely N-dealkylation sites (tertiary alicyclic amines) is 1. The lowest BCUT2D eigenvalue weighted by Crippen LogP contribution is -2.40. The lowest BCUT2D eigenvalue weighted by atomic mass is 9.98. The molecule has 1 rings (SSSR count). The molecule has 2 unspecified atom stereocenters. The predicted octanol–water partition coefficient (Wildman–Crippen LogP) is 1.70. The molecule has 1 aliphatic heterocycles. The quantitative estimate of drug-likeness (QED) is 0.727. The Balaban J connectivity index is 2.58. The van der Waals surface area contributed by atoms with Crippen molar-refractivity contribution in [2.75, 3.05) is 13.1 Å². The highest BCUT2D eigenvalue weighted by atomic mass is 32.1. The first-order valence-electron chi connectivity index (χ1n) is 6.03. The van der Waals surface area contributed by atoms with Crippen molar-refractivity contribution in [2.45, 2.75) is 50.9 Å². The number of rotatable bonds is 2. The number of hydrogen-bond donors (Lipinski definition) is 2. The summed E-state index contributed by atoms with van der Waals surface area (Å²) < 4.78 is 0. The minimum atomic E-state index is -0.612. The van der Waals surface area contributed by atoms with E-state index < -0.39 is 5.60 Å². The number of aliphatic hydroxyl groups is 1. The van der Waals surface area contributed by atoms with E-state index in [0.29, 0.717) is 13.0 Å². The van der Waals surface area contributed by atoms with Crippen LogP contribution >= 0.6 is 12.6 Å². The summed E-state index contributed by atoms with van der Waals surface area (Å²) in [5.41, 5.74) is -0.612. The Bertz CT molecular complexity index is 253. The van der Waals surface area contributed by atoms with Gasteiger partial charge in [0.15, 0.2) is 0 Å². The van der Waals surface area contributed by atoms with Crippen molar-refractivity contribution in [1.82, 2.24) is 4.90 Å². The van der Waals surface area contributed by atoms with E-state index >= 15 is 0 Å². The molecule has 0 aromatic heterocycles. The molecule has 2 atom stereocenters. The van der Waals surface area contributed by atoms with Crippen molar-refractivity contribution >= 4 is 18.5 Å². The second kappa shape index (κ2) is 5.41. The maximum atomic E-state index is 12.1. The van der Waals surface area contributed by atoms with Crippen molar-refractivity contribution in [2.24, 2.45) is 5.92 Å². The molecular formula is C12H23NO2S. The van der Waals surface area contributed by atoms with Gasteiger partial charge in [-0.1, -0.05) is 13.8 Å². The fourth-order valence-corrected chi connectivity index (χ4v) is 2.12. The molecule has 1 fully saturated rings. The Morgan fingerprint density at radius 2 is 2.00 bits per heavy atom. The Labute approximate surface area is 104 Å².